The fourth-order valence-electron chi connectivity index (χ4n) is 3.49. The maximum Gasteiger partial charge on any atom is 0.0443 e. The number of nitrogens with one attached hydrogen (secondary N) is 1. The van der Waals surface area contributed by atoms with Gasteiger partial charge in [0.1, 0.15) is 0 Å². The molecule has 1 unspecified atom stereocenters. The van der Waals surface area contributed by atoms with Gasteiger partial charge >= 0.3 is 0 Å². The zero-order chi connectivity index (χ0) is 13.9. The van der Waals surface area contributed by atoms with Gasteiger partial charge in [0, 0.05) is 15.6 Å². The Bertz CT molecular complexity index is 518. The summed E-state index contributed by atoms with van der Waals surface area (Å²) in [6.07, 6.45) is 5.56. The largest absolute Gasteiger partial charge is 0.309 e. The number of hydrogen-bond donors (Lipinski definition) is 1. The van der Waals surface area contributed by atoms with E-state index in [1.165, 1.54) is 40.6 Å². The van der Waals surface area contributed by atoms with Crippen molar-refractivity contribution in [2.75, 3.05) is 6.54 Å². The molecule has 1 atom stereocenters. The first-order valence-electron chi connectivity index (χ1n) is 7.99. The molecular weight excluding hydrogens is 262 g/mol. The molecular formula is C18H25NS. The third-order valence-corrected chi connectivity index (χ3v) is 5.91. The highest BCUT2D eigenvalue weighted by Crippen LogP contribution is 2.40. The smallest absolute Gasteiger partial charge is 0.0443 e. The van der Waals surface area contributed by atoms with E-state index in [4.69, 9.17) is 0 Å². The average Bonchev–Trinajstić information content (AvgIpc) is 2.89. The van der Waals surface area contributed by atoms with Crippen molar-refractivity contribution in [1.82, 2.24) is 5.32 Å². The Hall–Kier alpha value is -0.860. The van der Waals surface area contributed by atoms with Gasteiger partial charge in [-0.15, -0.1) is 11.3 Å². The van der Waals surface area contributed by atoms with Gasteiger partial charge in [-0.2, -0.15) is 0 Å². The van der Waals surface area contributed by atoms with Crippen LogP contribution in [0.1, 0.15) is 50.4 Å². The molecule has 0 amide bonds. The SMILES string of the molecule is CCNC(c1cc2ccccc2s1)C1CCC(C)CC1. The summed E-state index contributed by atoms with van der Waals surface area (Å²) in [6, 6.07) is 11.7. The van der Waals surface area contributed by atoms with Crippen molar-refractivity contribution in [3.8, 4) is 0 Å². The Morgan fingerprint density at radius 2 is 1.95 bits per heavy atom. The minimum Gasteiger partial charge on any atom is -0.309 e. The molecule has 1 saturated carbocycles. The van der Waals surface area contributed by atoms with Crippen molar-refractivity contribution < 1.29 is 0 Å². The van der Waals surface area contributed by atoms with Crippen LogP contribution in [0.3, 0.4) is 0 Å². The Labute approximate surface area is 126 Å². The van der Waals surface area contributed by atoms with Crippen LogP contribution in [0.2, 0.25) is 0 Å². The molecule has 20 heavy (non-hydrogen) atoms. The summed E-state index contributed by atoms with van der Waals surface area (Å²) in [4.78, 5) is 1.53. The third kappa shape index (κ3) is 2.91. The Morgan fingerprint density at radius 3 is 2.65 bits per heavy atom. The molecule has 1 aromatic carbocycles. The molecule has 0 radical (unpaired) electrons. The van der Waals surface area contributed by atoms with Gasteiger partial charge in [0.2, 0.25) is 0 Å². The fraction of sp³-hybridized carbons (Fsp3) is 0.556. The molecule has 0 spiro atoms. The molecule has 1 nitrogen and oxygen atoms in total. The number of rotatable bonds is 4. The Morgan fingerprint density at radius 1 is 1.20 bits per heavy atom. The van der Waals surface area contributed by atoms with Crippen LogP contribution in [-0.4, -0.2) is 6.54 Å². The van der Waals surface area contributed by atoms with Crippen LogP contribution >= 0.6 is 11.3 Å². The Kier molecular flexibility index (Phi) is 4.42. The number of benzene rings is 1. The average molecular weight is 287 g/mol. The van der Waals surface area contributed by atoms with Crippen molar-refractivity contribution >= 4 is 21.4 Å². The lowest BCUT2D eigenvalue weighted by Gasteiger charge is -2.32. The standard InChI is InChI=1S/C18H25NS/c1-3-19-18(14-10-8-13(2)9-11-14)17-12-15-6-4-5-7-16(15)20-17/h4-7,12-14,18-19H,3,8-11H2,1-2H3. The van der Waals surface area contributed by atoms with Crippen LogP contribution in [0.4, 0.5) is 0 Å². The summed E-state index contributed by atoms with van der Waals surface area (Å²) < 4.78 is 1.43. The summed E-state index contributed by atoms with van der Waals surface area (Å²) in [7, 11) is 0. The fourth-order valence-corrected chi connectivity index (χ4v) is 4.73. The second kappa shape index (κ2) is 6.28. The molecule has 0 bridgehead atoms. The topological polar surface area (TPSA) is 12.0 Å². The highest BCUT2D eigenvalue weighted by Gasteiger charge is 2.27. The van der Waals surface area contributed by atoms with Crippen LogP contribution in [0.5, 0.6) is 0 Å². The van der Waals surface area contributed by atoms with E-state index in [9.17, 15) is 0 Å². The first-order chi connectivity index (χ1) is 9.78. The normalized spacial score (nSPS) is 24.9. The van der Waals surface area contributed by atoms with Gasteiger partial charge in [-0.1, -0.05) is 44.9 Å². The summed E-state index contributed by atoms with van der Waals surface area (Å²) >= 11 is 1.98. The van der Waals surface area contributed by atoms with E-state index < -0.39 is 0 Å². The molecule has 0 saturated heterocycles. The van der Waals surface area contributed by atoms with E-state index in [2.05, 4.69) is 49.5 Å². The molecule has 2 aromatic rings. The lowest BCUT2D eigenvalue weighted by molar-refractivity contribution is 0.235. The third-order valence-electron chi connectivity index (χ3n) is 4.71. The van der Waals surface area contributed by atoms with Crippen LogP contribution in [-0.2, 0) is 0 Å². The van der Waals surface area contributed by atoms with Crippen molar-refractivity contribution in [2.24, 2.45) is 11.8 Å². The van der Waals surface area contributed by atoms with E-state index in [1.807, 2.05) is 11.3 Å². The van der Waals surface area contributed by atoms with E-state index in [1.54, 1.807) is 0 Å². The van der Waals surface area contributed by atoms with Crippen molar-refractivity contribution in [3.63, 3.8) is 0 Å². The first-order valence-corrected chi connectivity index (χ1v) is 8.81. The summed E-state index contributed by atoms with van der Waals surface area (Å²) in [5.41, 5.74) is 0. The van der Waals surface area contributed by atoms with E-state index in [-0.39, 0.29) is 0 Å². The lowest BCUT2D eigenvalue weighted by atomic mass is 9.79. The van der Waals surface area contributed by atoms with Gasteiger partial charge in [0.25, 0.3) is 0 Å². The molecule has 2 heteroatoms. The summed E-state index contributed by atoms with van der Waals surface area (Å²) in [5, 5.41) is 5.16. The van der Waals surface area contributed by atoms with Crippen molar-refractivity contribution in [1.29, 1.82) is 0 Å². The van der Waals surface area contributed by atoms with Gasteiger partial charge in [0.15, 0.2) is 0 Å². The van der Waals surface area contributed by atoms with Gasteiger partial charge in [-0.3, -0.25) is 0 Å². The quantitative estimate of drug-likeness (QED) is 0.796. The highest BCUT2D eigenvalue weighted by atomic mass is 32.1. The molecule has 1 fully saturated rings. The Balaban J connectivity index is 1.85. The lowest BCUT2D eigenvalue weighted by Crippen LogP contribution is -2.30. The van der Waals surface area contributed by atoms with Crippen molar-refractivity contribution in [3.05, 3.63) is 35.2 Å². The molecule has 1 aromatic heterocycles. The van der Waals surface area contributed by atoms with E-state index in [0.29, 0.717) is 6.04 Å². The first kappa shape index (κ1) is 14.1. The molecule has 1 aliphatic carbocycles. The number of thiophene rings is 1. The predicted molar refractivity (Wildman–Crippen MR) is 89.4 cm³/mol. The molecule has 1 N–H and O–H groups in total. The van der Waals surface area contributed by atoms with Gasteiger partial charge in [-0.05, 0) is 48.7 Å². The highest BCUT2D eigenvalue weighted by molar-refractivity contribution is 7.19. The molecule has 1 heterocycles. The molecule has 1 aliphatic rings. The maximum absolute atomic E-state index is 3.75. The monoisotopic (exact) mass is 287 g/mol. The molecule has 0 aliphatic heterocycles. The second-order valence-electron chi connectivity index (χ2n) is 6.24. The minimum atomic E-state index is 0.560. The molecule has 108 valence electrons. The van der Waals surface area contributed by atoms with Gasteiger partial charge in [0.05, 0.1) is 0 Å². The van der Waals surface area contributed by atoms with E-state index in [0.717, 1.165) is 18.4 Å². The van der Waals surface area contributed by atoms with E-state index >= 15 is 0 Å². The van der Waals surface area contributed by atoms with Crippen LogP contribution in [0.15, 0.2) is 30.3 Å². The number of hydrogen-bond acceptors (Lipinski definition) is 2. The summed E-state index contributed by atoms with van der Waals surface area (Å²) in [5.74, 6) is 1.75. The second-order valence-corrected chi connectivity index (χ2v) is 7.36. The minimum absolute atomic E-state index is 0.560. The van der Waals surface area contributed by atoms with Crippen molar-refractivity contribution in [2.45, 2.75) is 45.6 Å². The zero-order valence-corrected chi connectivity index (χ0v) is 13.4. The molecule has 3 rings (SSSR count). The van der Waals surface area contributed by atoms with Gasteiger partial charge in [-0.25, -0.2) is 0 Å². The van der Waals surface area contributed by atoms with Crippen LogP contribution in [0.25, 0.3) is 10.1 Å². The number of fused-ring (bicyclic) bond motifs is 1. The zero-order valence-electron chi connectivity index (χ0n) is 12.6. The maximum atomic E-state index is 3.75. The van der Waals surface area contributed by atoms with Crippen LogP contribution < -0.4 is 5.32 Å². The van der Waals surface area contributed by atoms with Crippen LogP contribution in [0, 0.1) is 11.8 Å². The predicted octanol–water partition coefficient (Wildman–Crippen LogP) is 5.38. The van der Waals surface area contributed by atoms with Gasteiger partial charge < -0.3 is 5.32 Å². The summed E-state index contributed by atoms with van der Waals surface area (Å²) in [6.45, 7) is 5.69.